The zero-order valence-electron chi connectivity index (χ0n) is 14.8. The van der Waals surface area contributed by atoms with Crippen molar-refractivity contribution in [2.75, 3.05) is 18.6 Å². The predicted octanol–water partition coefficient (Wildman–Crippen LogP) is 2.43. The van der Waals surface area contributed by atoms with Gasteiger partial charge in [0.1, 0.15) is 0 Å². The molecule has 0 aromatic heterocycles. The number of anilines is 1. The molecule has 1 heterocycles. The van der Waals surface area contributed by atoms with E-state index < -0.39 is 28.6 Å². The third-order valence-corrected chi connectivity index (χ3v) is 4.67. The van der Waals surface area contributed by atoms with Crippen LogP contribution in [-0.4, -0.2) is 35.4 Å². The summed E-state index contributed by atoms with van der Waals surface area (Å²) in [5.74, 6) is -1.14. The Morgan fingerprint density at radius 2 is 2.00 bits per heavy atom. The standard InChI is InChI=1S/C19H18N2O6/c1-3-20-14-7-5-4-6-13(14)19(24,18(20)23)11-16(22)12-8-9-17(27-2)15(10-12)21(25)26/h4-10,24H,3,11H2,1-2H3/t19-/m0/s1. The van der Waals surface area contributed by atoms with Gasteiger partial charge in [0, 0.05) is 23.7 Å². The van der Waals surface area contributed by atoms with E-state index in [0.29, 0.717) is 17.8 Å². The van der Waals surface area contributed by atoms with Gasteiger partial charge in [-0.05, 0) is 25.1 Å². The number of carbonyl (C=O) groups is 2. The molecule has 0 bridgehead atoms. The number of ether oxygens (including phenoxy) is 1. The number of rotatable bonds is 6. The molecule has 0 saturated carbocycles. The van der Waals surface area contributed by atoms with E-state index >= 15 is 0 Å². The first-order valence-electron chi connectivity index (χ1n) is 8.33. The number of ketones is 1. The topological polar surface area (TPSA) is 110 Å². The molecule has 1 atom stereocenters. The van der Waals surface area contributed by atoms with Crippen LogP contribution in [0.1, 0.15) is 29.3 Å². The molecule has 8 heteroatoms. The number of nitro benzene ring substituents is 1. The van der Waals surface area contributed by atoms with E-state index in [2.05, 4.69) is 0 Å². The van der Waals surface area contributed by atoms with Crippen LogP contribution < -0.4 is 9.64 Å². The summed E-state index contributed by atoms with van der Waals surface area (Å²) in [7, 11) is 1.29. The summed E-state index contributed by atoms with van der Waals surface area (Å²) in [4.78, 5) is 37.4. The Labute approximate surface area is 155 Å². The minimum atomic E-state index is -2.00. The van der Waals surface area contributed by atoms with Gasteiger partial charge < -0.3 is 14.7 Å². The van der Waals surface area contributed by atoms with E-state index in [1.165, 1.54) is 24.1 Å². The van der Waals surface area contributed by atoms with E-state index in [1.807, 2.05) is 0 Å². The predicted molar refractivity (Wildman–Crippen MR) is 97.0 cm³/mol. The second-order valence-electron chi connectivity index (χ2n) is 6.17. The molecule has 3 rings (SSSR count). The number of benzene rings is 2. The molecule has 140 valence electrons. The number of Topliss-reactive ketones (excluding diaryl/α,β-unsaturated/α-hetero) is 1. The lowest BCUT2D eigenvalue weighted by molar-refractivity contribution is -0.385. The number of hydrogen-bond donors (Lipinski definition) is 1. The van der Waals surface area contributed by atoms with Gasteiger partial charge >= 0.3 is 5.69 Å². The summed E-state index contributed by atoms with van der Waals surface area (Å²) in [5, 5.41) is 22.2. The van der Waals surface area contributed by atoms with Crippen LogP contribution in [0, 0.1) is 10.1 Å². The summed E-state index contributed by atoms with van der Waals surface area (Å²) in [5.41, 5.74) is -1.42. The van der Waals surface area contributed by atoms with Crippen molar-refractivity contribution in [3.05, 3.63) is 63.7 Å². The maximum absolute atomic E-state index is 12.8. The molecule has 0 aliphatic carbocycles. The van der Waals surface area contributed by atoms with Gasteiger partial charge in [-0.3, -0.25) is 19.7 Å². The van der Waals surface area contributed by atoms with Crippen molar-refractivity contribution in [3.8, 4) is 5.75 Å². The smallest absolute Gasteiger partial charge is 0.311 e. The zero-order chi connectivity index (χ0) is 19.8. The normalized spacial score (nSPS) is 18.3. The molecule has 1 aliphatic rings. The van der Waals surface area contributed by atoms with Crippen LogP contribution in [0.25, 0.3) is 0 Å². The second kappa shape index (κ2) is 6.81. The molecule has 0 radical (unpaired) electrons. The monoisotopic (exact) mass is 370 g/mol. The van der Waals surface area contributed by atoms with E-state index in [4.69, 9.17) is 4.74 Å². The van der Waals surface area contributed by atoms with E-state index in [-0.39, 0.29) is 17.0 Å². The molecule has 1 N–H and O–H groups in total. The fourth-order valence-corrected chi connectivity index (χ4v) is 3.33. The Kier molecular flexibility index (Phi) is 4.67. The van der Waals surface area contributed by atoms with Gasteiger partial charge in [0.15, 0.2) is 17.1 Å². The van der Waals surface area contributed by atoms with Gasteiger partial charge in [-0.15, -0.1) is 0 Å². The Morgan fingerprint density at radius 1 is 1.30 bits per heavy atom. The maximum atomic E-state index is 12.8. The number of methoxy groups -OCH3 is 1. The first-order valence-corrected chi connectivity index (χ1v) is 8.33. The molecule has 0 fully saturated rings. The lowest BCUT2D eigenvalue weighted by Crippen LogP contribution is -2.41. The van der Waals surface area contributed by atoms with Crippen molar-refractivity contribution in [3.63, 3.8) is 0 Å². The first kappa shape index (κ1) is 18.5. The molecule has 1 aliphatic heterocycles. The summed E-state index contributed by atoms with van der Waals surface area (Å²) >= 11 is 0. The van der Waals surface area contributed by atoms with Gasteiger partial charge in [-0.25, -0.2) is 0 Å². The third-order valence-electron chi connectivity index (χ3n) is 4.67. The molecule has 1 amide bonds. The number of nitro groups is 1. The lowest BCUT2D eigenvalue weighted by Gasteiger charge is -2.22. The summed E-state index contributed by atoms with van der Waals surface area (Å²) < 4.78 is 4.92. The van der Waals surface area contributed by atoms with Crippen LogP contribution in [0.2, 0.25) is 0 Å². The molecule has 0 saturated heterocycles. The molecule has 27 heavy (non-hydrogen) atoms. The molecule has 2 aromatic rings. The van der Waals surface area contributed by atoms with Crippen molar-refractivity contribution in [1.82, 2.24) is 0 Å². The van der Waals surface area contributed by atoms with Crippen molar-refractivity contribution in [2.45, 2.75) is 18.9 Å². The van der Waals surface area contributed by atoms with Crippen LogP contribution in [0.3, 0.4) is 0 Å². The first-order chi connectivity index (χ1) is 12.8. The Morgan fingerprint density at radius 3 is 2.63 bits per heavy atom. The second-order valence-corrected chi connectivity index (χ2v) is 6.17. The number of amides is 1. The zero-order valence-corrected chi connectivity index (χ0v) is 14.8. The number of nitrogens with zero attached hydrogens (tertiary/aromatic N) is 2. The minimum Gasteiger partial charge on any atom is -0.490 e. The highest BCUT2D eigenvalue weighted by molar-refractivity contribution is 6.10. The van der Waals surface area contributed by atoms with Gasteiger partial charge in [-0.1, -0.05) is 18.2 Å². The van der Waals surface area contributed by atoms with E-state index in [9.17, 15) is 24.8 Å². The number of aliphatic hydroxyl groups is 1. The lowest BCUT2D eigenvalue weighted by atomic mass is 9.88. The average molecular weight is 370 g/mol. The largest absolute Gasteiger partial charge is 0.490 e. The maximum Gasteiger partial charge on any atom is 0.311 e. The Bertz CT molecular complexity index is 942. The number of para-hydroxylation sites is 1. The Balaban J connectivity index is 1.98. The molecule has 0 unspecified atom stereocenters. The number of likely N-dealkylation sites (N-methyl/N-ethyl adjacent to an activating group) is 1. The summed E-state index contributed by atoms with van der Waals surface area (Å²) in [6, 6.07) is 10.5. The molecular formula is C19H18N2O6. The quantitative estimate of drug-likeness (QED) is 0.475. The van der Waals surface area contributed by atoms with Gasteiger partial charge in [-0.2, -0.15) is 0 Å². The van der Waals surface area contributed by atoms with Crippen molar-refractivity contribution in [1.29, 1.82) is 0 Å². The van der Waals surface area contributed by atoms with Crippen molar-refractivity contribution >= 4 is 23.1 Å². The summed E-state index contributed by atoms with van der Waals surface area (Å²) in [6.07, 6.45) is -0.511. The fourth-order valence-electron chi connectivity index (χ4n) is 3.33. The third kappa shape index (κ3) is 2.93. The average Bonchev–Trinajstić information content (AvgIpc) is 2.88. The molecule has 8 nitrogen and oxygen atoms in total. The SMILES string of the molecule is CCN1C(=O)[C@](O)(CC(=O)c2ccc(OC)c([N+](=O)[O-])c2)c2ccccc21. The van der Waals surface area contributed by atoms with Gasteiger partial charge in [0.05, 0.1) is 24.1 Å². The van der Waals surface area contributed by atoms with E-state index in [1.54, 1.807) is 31.2 Å². The highest BCUT2D eigenvalue weighted by Gasteiger charge is 2.50. The highest BCUT2D eigenvalue weighted by atomic mass is 16.6. The van der Waals surface area contributed by atoms with Crippen molar-refractivity contribution in [2.24, 2.45) is 0 Å². The molecule has 2 aromatic carbocycles. The molecular weight excluding hydrogens is 352 g/mol. The van der Waals surface area contributed by atoms with Crippen LogP contribution in [0.5, 0.6) is 5.75 Å². The van der Waals surface area contributed by atoms with Gasteiger partial charge in [0.25, 0.3) is 5.91 Å². The van der Waals surface area contributed by atoms with Crippen LogP contribution in [0.4, 0.5) is 11.4 Å². The van der Waals surface area contributed by atoms with Gasteiger partial charge in [0.2, 0.25) is 0 Å². The van der Waals surface area contributed by atoms with Crippen LogP contribution in [-0.2, 0) is 10.4 Å². The highest BCUT2D eigenvalue weighted by Crippen LogP contribution is 2.42. The van der Waals surface area contributed by atoms with E-state index in [0.717, 1.165) is 6.07 Å². The Hall–Kier alpha value is -3.26. The number of hydrogen-bond acceptors (Lipinski definition) is 6. The molecule has 0 spiro atoms. The summed E-state index contributed by atoms with van der Waals surface area (Å²) in [6.45, 7) is 2.12. The van der Waals surface area contributed by atoms with Crippen LogP contribution in [0.15, 0.2) is 42.5 Å². The fraction of sp³-hybridized carbons (Fsp3) is 0.263. The minimum absolute atomic E-state index is 0.0229. The van der Waals surface area contributed by atoms with Crippen molar-refractivity contribution < 1.29 is 24.4 Å². The van der Waals surface area contributed by atoms with Crippen LogP contribution >= 0.6 is 0 Å². The number of carbonyl (C=O) groups excluding carboxylic acids is 2. The number of fused-ring (bicyclic) bond motifs is 1.